The van der Waals surface area contributed by atoms with Gasteiger partial charge in [-0.3, -0.25) is 4.79 Å². The summed E-state index contributed by atoms with van der Waals surface area (Å²) in [6, 6.07) is 0. The number of imidazole rings is 1. The number of nitrogens with zero attached hydrogens (tertiary/aromatic N) is 2. The van der Waals surface area contributed by atoms with Gasteiger partial charge in [0.1, 0.15) is 0 Å². The molecule has 1 N–H and O–H groups in total. The number of hydrogen-bond donors (Lipinski definition) is 1. The van der Waals surface area contributed by atoms with Crippen molar-refractivity contribution in [1.82, 2.24) is 14.9 Å². The van der Waals surface area contributed by atoms with Crippen LogP contribution in [-0.4, -0.2) is 34.4 Å². The van der Waals surface area contributed by atoms with E-state index in [2.05, 4.69) is 9.97 Å². The molecule has 1 aromatic rings. The average molecular weight is 165 g/mol. The average Bonchev–Trinajstić information content (AvgIpc) is 2.64. The molecule has 1 atom stereocenters. The van der Waals surface area contributed by atoms with Crippen molar-refractivity contribution in [3.8, 4) is 0 Å². The largest absolute Gasteiger partial charge is 0.351 e. The SMILES string of the molecule is CN1CCC(c2c[nH]cn2)C1=O. The normalized spacial score (nSPS) is 23.6. The first-order valence-corrected chi connectivity index (χ1v) is 4.02. The number of likely N-dealkylation sites (tertiary alicyclic amines) is 1. The van der Waals surface area contributed by atoms with E-state index in [1.807, 2.05) is 7.05 Å². The summed E-state index contributed by atoms with van der Waals surface area (Å²) in [5.41, 5.74) is 0.865. The van der Waals surface area contributed by atoms with E-state index in [1.165, 1.54) is 0 Å². The van der Waals surface area contributed by atoms with Crippen LogP contribution in [0.15, 0.2) is 12.5 Å². The third-order valence-corrected chi connectivity index (χ3v) is 2.30. The number of rotatable bonds is 1. The Bertz CT molecular complexity index is 281. The highest BCUT2D eigenvalue weighted by atomic mass is 16.2. The van der Waals surface area contributed by atoms with E-state index in [0.717, 1.165) is 18.7 Å². The number of aromatic nitrogens is 2. The molecule has 0 bridgehead atoms. The van der Waals surface area contributed by atoms with Crippen LogP contribution in [0.1, 0.15) is 18.0 Å². The zero-order valence-corrected chi connectivity index (χ0v) is 6.95. The summed E-state index contributed by atoms with van der Waals surface area (Å²) >= 11 is 0. The number of amides is 1. The molecule has 1 unspecified atom stereocenters. The topological polar surface area (TPSA) is 49.0 Å². The summed E-state index contributed by atoms with van der Waals surface area (Å²) in [5, 5.41) is 0. The molecule has 2 heterocycles. The fraction of sp³-hybridized carbons (Fsp3) is 0.500. The molecule has 2 rings (SSSR count). The van der Waals surface area contributed by atoms with Crippen LogP contribution in [0.2, 0.25) is 0 Å². The molecule has 1 fully saturated rings. The van der Waals surface area contributed by atoms with Crippen LogP contribution in [0.4, 0.5) is 0 Å². The van der Waals surface area contributed by atoms with E-state index >= 15 is 0 Å². The molecule has 1 aliphatic heterocycles. The first-order chi connectivity index (χ1) is 5.79. The molecule has 1 aliphatic rings. The van der Waals surface area contributed by atoms with Crippen molar-refractivity contribution in [1.29, 1.82) is 0 Å². The van der Waals surface area contributed by atoms with E-state index in [9.17, 15) is 4.79 Å². The number of carbonyl (C=O) groups is 1. The van der Waals surface area contributed by atoms with E-state index in [-0.39, 0.29) is 11.8 Å². The Morgan fingerprint density at radius 1 is 1.75 bits per heavy atom. The summed E-state index contributed by atoms with van der Waals surface area (Å²) in [7, 11) is 1.83. The molecule has 0 radical (unpaired) electrons. The van der Waals surface area contributed by atoms with Crippen molar-refractivity contribution in [2.45, 2.75) is 12.3 Å². The second kappa shape index (κ2) is 2.62. The molecule has 1 saturated heterocycles. The minimum absolute atomic E-state index is 0.0127. The summed E-state index contributed by atoms with van der Waals surface area (Å²) in [4.78, 5) is 20.2. The first-order valence-electron chi connectivity index (χ1n) is 4.02. The third-order valence-electron chi connectivity index (χ3n) is 2.30. The van der Waals surface area contributed by atoms with Gasteiger partial charge in [-0.2, -0.15) is 0 Å². The van der Waals surface area contributed by atoms with Crippen LogP contribution in [0.3, 0.4) is 0 Å². The van der Waals surface area contributed by atoms with Gasteiger partial charge in [-0.25, -0.2) is 4.98 Å². The number of nitrogens with one attached hydrogen (secondary N) is 1. The molecule has 4 heteroatoms. The van der Waals surface area contributed by atoms with Crippen molar-refractivity contribution in [3.05, 3.63) is 18.2 Å². The molecule has 1 aromatic heterocycles. The Labute approximate surface area is 70.6 Å². The van der Waals surface area contributed by atoms with E-state index in [0.29, 0.717) is 0 Å². The quantitative estimate of drug-likeness (QED) is 0.653. The number of likely N-dealkylation sites (N-methyl/N-ethyl adjacent to an activating group) is 1. The lowest BCUT2D eigenvalue weighted by Gasteiger charge is -2.07. The molecule has 0 spiro atoms. The minimum atomic E-state index is -0.0127. The second-order valence-electron chi connectivity index (χ2n) is 3.10. The second-order valence-corrected chi connectivity index (χ2v) is 3.10. The highest BCUT2D eigenvalue weighted by molar-refractivity contribution is 5.84. The van der Waals surface area contributed by atoms with Gasteiger partial charge in [0.15, 0.2) is 0 Å². The summed E-state index contributed by atoms with van der Waals surface area (Å²) < 4.78 is 0. The monoisotopic (exact) mass is 165 g/mol. The van der Waals surface area contributed by atoms with Crippen LogP contribution >= 0.6 is 0 Å². The Balaban J connectivity index is 2.22. The lowest BCUT2D eigenvalue weighted by molar-refractivity contribution is -0.127. The molecule has 12 heavy (non-hydrogen) atoms. The summed E-state index contributed by atoms with van der Waals surface area (Å²) in [6.07, 6.45) is 4.29. The molecule has 64 valence electrons. The molecule has 1 amide bonds. The number of aromatic amines is 1. The van der Waals surface area contributed by atoms with Crippen LogP contribution < -0.4 is 0 Å². The fourth-order valence-electron chi connectivity index (χ4n) is 1.56. The van der Waals surface area contributed by atoms with E-state index in [4.69, 9.17) is 0 Å². The predicted octanol–water partition coefficient (Wildman–Crippen LogP) is 0.355. The van der Waals surface area contributed by atoms with E-state index in [1.54, 1.807) is 17.4 Å². The Kier molecular flexibility index (Phi) is 1.60. The number of hydrogen-bond acceptors (Lipinski definition) is 2. The van der Waals surface area contributed by atoms with Gasteiger partial charge in [-0.1, -0.05) is 0 Å². The maximum atomic E-state index is 11.5. The van der Waals surface area contributed by atoms with Crippen molar-refractivity contribution in [2.75, 3.05) is 13.6 Å². The van der Waals surface area contributed by atoms with Crippen LogP contribution in [0.5, 0.6) is 0 Å². The molecule has 0 saturated carbocycles. The fourth-order valence-corrected chi connectivity index (χ4v) is 1.56. The van der Waals surface area contributed by atoms with Crippen molar-refractivity contribution < 1.29 is 4.79 Å². The van der Waals surface area contributed by atoms with Crippen LogP contribution in [0.25, 0.3) is 0 Å². The predicted molar refractivity (Wildman–Crippen MR) is 43.6 cm³/mol. The van der Waals surface area contributed by atoms with Crippen molar-refractivity contribution in [3.63, 3.8) is 0 Å². The maximum absolute atomic E-state index is 11.5. The molecule has 0 aromatic carbocycles. The minimum Gasteiger partial charge on any atom is -0.351 e. The van der Waals surface area contributed by atoms with Crippen LogP contribution in [-0.2, 0) is 4.79 Å². The van der Waals surface area contributed by atoms with Crippen molar-refractivity contribution in [2.24, 2.45) is 0 Å². The van der Waals surface area contributed by atoms with Crippen molar-refractivity contribution >= 4 is 5.91 Å². The van der Waals surface area contributed by atoms with E-state index < -0.39 is 0 Å². The lowest BCUT2D eigenvalue weighted by Crippen LogP contribution is -2.21. The smallest absolute Gasteiger partial charge is 0.231 e. The van der Waals surface area contributed by atoms with Gasteiger partial charge in [-0.15, -0.1) is 0 Å². The highest BCUT2D eigenvalue weighted by Gasteiger charge is 2.31. The zero-order valence-electron chi connectivity index (χ0n) is 6.95. The molecule has 4 nitrogen and oxygen atoms in total. The summed E-state index contributed by atoms with van der Waals surface area (Å²) in [6.45, 7) is 0.844. The zero-order chi connectivity index (χ0) is 8.55. The Hall–Kier alpha value is -1.32. The van der Waals surface area contributed by atoms with Gasteiger partial charge in [0, 0.05) is 19.8 Å². The van der Waals surface area contributed by atoms with Gasteiger partial charge in [0.05, 0.1) is 17.9 Å². The first kappa shape index (κ1) is 7.34. The number of carbonyl (C=O) groups excluding carboxylic acids is 1. The van der Waals surface area contributed by atoms with Gasteiger partial charge in [0.2, 0.25) is 5.91 Å². The highest BCUT2D eigenvalue weighted by Crippen LogP contribution is 2.25. The molecular formula is C8H11N3O. The summed E-state index contributed by atoms with van der Waals surface area (Å²) in [5.74, 6) is 0.170. The van der Waals surface area contributed by atoms with Gasteiger partial charge in [-0.05, 0) is 6.42 Å². The number of H-pyrrole nitrogens is 1. The Morgan fingerprint density at radius 2 is 2.58 bits per heavy atom. The molecule has 0 aliphatic carbocycles. The lowest BCUT2D eigenvalue weighted by atomic mass is 10.1. The standard InChI is InChI=1S/C8H11N3O/c1-11-3-2-6(8(11)12)7-4-9-5-10-7/h4-6H,2-3H2,1H3,(H,9,10). The maximum Gasteiger partial charge on any atom is 0.231 e. The van der Waals surface area contributed by atoms with Gasteiger partial charge >= 0.3 is 0 Å². The Morgan fingerprint density at radius 3 is 3.08 bits per heavy atom. The molecular weight excluding hydrogens is 154 g/mol. The van der Waals surface area contributed by atoms with Crippen LogP contribution in [0, 0.1) is 0 Å². The third kappa shape index (κ3) is 0.995. The van der Waals surface area contributed by atoms with Gasteiger partial charge in [0.25, 0.3) is 0 Å². The van der Waals surface area contributed by atoms with Gasteiger partial charge < -0.3 is 9.88 Å².